The topological polar surface area (TPSA) is 98.9 Å². The van der Waals surface area contributed by atoms with Crippen LogP contribution >= 0.6 is 0 Å². The summed E-state index contributed by atoms with van der Waals surface area (Å²) in [7, 11) is 0. The molecule has 0 spiro atoms. The van der Waals surface area contributed by atoms with E-state index in [2.05, 4.69) is 15.5 Å². The first kappa shape index (κ1) is 20.9. The number of nitrogens with one attached hydrogen (secondary N) is 1. The van der Waals surface area contributed by atoms with E-state index in [-0.39, 0.29) is 30.0 Å². The van der Waals surface area contributed by atoms with Crippen molar-refractivity contribution in [2.24, 2.45) is 0 Å². The molecule has 1 amide bonds. The average Bonchev–Trinajstić information content (AvgIpc) is 3.35. The lowest BCUT2D eigenvalue weighted by Gasteiger charge is -2.11. The van der Waals surface area contributed by atoms with Crippen LogP contribution in [0.2, 0.25) is 0 Å². The molecule has 0 radical (unpaired) electrons. The molecule has 8 nitrogen and oxygen atoms in total. The second-order valence-corrected chi connectivity index (χ2v) is 7.20. The molecule has 2 heterocycles. The first-order valence-electron chi connectivity index (χ1n) is 10.1. The smallest absolute Gasteiger partial charge is 0.266 e. The number of aryl methyl sites for hydroxylation is 1. The van der Waals surface area contributed by atoms with Crippen molar-refractivity contribution in [1.82, 2.24) is 24.9 Å². The van der Waals surface area contributed by atoms with Crippen LogP contribution in [0.15, 0.2) is 83.9 Å². The van der Waals surface area contributed by atoms with Crippen molar-refractivity contribution in [2.75, 3.05) is 6.54 Å². The fraction of sp³-hybridized carbons (Fsp3) is 0.125. The van der Waals surface area contributed by atoms with E-state index in [9.17, 15) is 14.4 Å². The van der Waals surface area contributed by atoms with E-state index in [1.165, 1.54) is 10.7 Å². The SMILES string of the molecule is Cc1ccc(C(=O)c2ccccc2C(=O)NCCn2nc(-n3cccn3)ccc2=O)cc1. The highest BCUT2D eigenvalue weighted by molar-refractivity contribution is 6.15. The minimum atomic E-state index is -0.391. The lowest BCUT2D eigenvalue weighted by Crippen LogP contribution is -2.33. The van der Waals surface area contributed by atoms with E-state index in [1.807, 2.05) is 19.1 Å². The van der Waals surface area contributed by atoms with Gasteiger partial charge in [-0.2, -0.15) is 5.10 Å². The summed E-state index contributed by atoms with van der Waals surface area (Å²) in [4.78, 5) is 37.9. The molecule has 0 aliphatic carbocycles. The highest BCUT2D eigenvalue weighted by Gasteiger charge is 2.18. The van der Waals surface area contributed by atoms with Gasteiger partial charge in [0, 0.05) is 36.1 Å². The predicted molar refractivity (Wildman–Crippen MR) is 119 cm³/mol. The lowest BCUT2D eigenvalue weighted by atomic mass is 9.97. The number of hydrogen-bond acceptors (Lipinski definition) is 5. The van der Waals surface area contributed by atoms with Gasteiger partial charge < -0.3 is 5.32 Å². The Kier molecular flexibility index (Phi) is 6.03. The third-order valence-electron chi connectivity index (χ3n) is 4.93. The lowest BCUT2D eigenvalue weighted by molar-refractivity contribution is 0.0940. The van der Waals surface area contributed by atoms with Crippen LogP contribution in [0.5, 0.6) is 0 Å². The van der Waals surface area contributed by atoms with E-state index in [1.54, 1.807) is 65.6 Å². The Labute approximate surface area is 184 Å². The van der Waals surface area contributed by atoms with Crippen molar-refractivity contribution in [3.63, 3.8) is 0 Å². The molecule has 2 aromatic carbocycles. The highest BCUT2D eigenvalue weighted by atomic mass is 16.2. The maximum Gasteiger partial charge on any atom is 0.266 e. The zero-order valence-electron chi connectivity index (χ0n) is 17.4. The molecule has 0 saturated heterocycles. The minimum Gasteiger partial charge on any atom is -0.350 e. The van der Waals surface area contributed by atoms with Crippen molar-refractivity contribution in [1.29, 1.82) is 0 Å². The fourth-order valence-corrected chi connectivity index (χ4v) is 3.23. The van der Waals surface area contributed by atoms with E-state index in [4.69, 9.17) is 0 Å². The maximum atomic E-state index is 12.9. The number of aromatic nitrogens is 4. The van der Waals surface area contributed by atoms with E-state index in [0.717, 1.165) is 5.56 Å². The molecule has 0 unspecified atom stereocenters. The van der Waals surface area contributed by atoms with Gasteiger partial charge >= 0.3 is 0 Å². The predicted octanol–water partition coefficient (Wildman–Crippen LogP) is 2.40. The number of carbonyl (C=O) groups is 2. The molecule has 2 aromatic heterocycles. The van der Waals surface area contributed by atoms with E-state index >= 15 is 0 Å². The van der Waals surface area contributed by atoms with E-state index < -0.39 is 5.91 Å². The van der Waals surface area contributed by atoms with Crippen molar-refractivity contribution < 1.29 is 9.59 Å². The number of amides is 1. The van der Waals surface area contributed by atoms with Crippen LogP contribution in [0.25, 0.3) is 5.82 Å². The third kappa shape index (κ3) is 4.54. The molecule has 0 saturated carbocycles. The Morgan fingerprint density at radius 2 is 1.69 bits per heavy atom. The third-order valence-corrected chi connectivity index (χ3v) is 4.93. The Balaban J connectivity index is 1.47. The summed E-state index contributed by atoms with van der Waals surface area (Å²) < 4.78 is 2.81. The Morgan fingerprint density at radius 1 is 0.938 bits per heavy atom. The molecular formula is C24H21N5O3. The Morgan fingerprint density at radius 3 is 2.41 bits per heavy atom. The van der Waals surface area contributed by atoms with Gasteiger partial charge in [0.05, 0.1) is 12.1 Å². The number of rotatable bonds is 7. The van der Waals surface area contributed by atoms with Crippen LogP contribution in [0, 0.1) is 6.92 Å². The van der Waals surface area contributed by atoms with Gasteiger partial charge in [-0.25, -0.2) is 9.36 Å². The highest BCUT2D eigenvalue weighted by Crippen LogP contribution is 2.15. The monoisotopic (exact) mass is 427 g/mol. The molecule has 1 N–H and O–H groups in total. The number of benzene rings is 2. The molecular weight excluding hydrogens is 406 g/mol. The van der Waals surface area contributed by atoms with Crippen LogP contribution in [-0.2, 0) is 6.54 Å². The fourth-order valence-electron chi connectivity index (χ4n) is 3.23. The molecule has 32 heavy (non-hydrogen) atoms. The summed E-state index contributed by atoms with van der Waals surface area (Å²) in [5, 5.41) is 11.1. The van der Waals surface area contributed by atoms with Crippen molar-refractivity contribution in [3.05, 3.63) is 112 Å². The standard InChI is InChI=1S/C24H21N5O3/c1-17-7-9-18(10-8-17)23(31)19-5-2-3-6-20(19)24(32)25-14-16-29-22(30)12-11-21(27-29)28-15-4-13-26-28/h2-13,15H,14,16H2,1H3,(H,25,32). The molecule has 0 bridgehead atoms. The molecule has 0 aliphatic heterocycles. The van der Waals surface area contributed by atoms with Crippen molar-refractivity contribution in [3.8, 4) is 5.82 Å². The average molecular weight is 427 g/mol. The van der Waals surface area contributed by atoms with Crippen LogP contribution < -0.4 is 10.9 Å². The maximum absolute atomic E-state index is 12.9. The molecule has 0 aliphatic rings. The first-order valence-corrected chi connectivity index (χ1v) is 10.1. The molecule has 160 valence electrons. The number of hydrogen-bond donors (Lipinski definition) is 1. The van der Waals surface area contributed by atoms with Gasteiger partial charge in [0.25, 0.3) is 11.5 Å². The van der Waals surface area contributed by atoms with Gasteiger partial charge in [-0.3, -0.25) is 14.4 Å². The number of nitrogens with zero attached hydrogens (tertiary/aromatic N) is 4. The van der Waals surface area contributed by atoms with Crippen molar-refractivity contribution >= 4 is 11.7 Å². The minimum absolute atomic E-state index is 0.168. The summed E-state index contributed by atoms with van der Waals surface area (Å²) in [6.45, 7) is 2.29. The zero-order chi connectivity index (χ0) is 22.5. The molecule has 4 aromatic rings. The molecule has 8 heteroatoms. The Bertz CT molecular complexity index is 1310. The second kappa shape index (κ2) is 9.22. The van der Waals surface area contributed by atoms with Gasteiger partial charge in [-0.15, -0.1) is 5.10 Å². The zero-order valence-corrected chi connectivity index (χ0v) is 17.4. The molecule has 0 fully saturated rings. The van der Waals surface area contributed by atoms with Crippen LogP contribution in [0.1, 0.15) is 31.8 Å². The first-order chi connectivity index (χ1) is 15.5. The molecule has 4 rings (SSSR count). The number of ketones is 1. The normalized spacial score (nSPS) is 10.7. The van der Waals surface area contributed by atoms with Crippen molar-refractivity contribution in [2.45, 2.75) is 13.5 Å². The van der Waals surface area contributed by atoms with Gasteiger partial charge in [0.15, 0.2) is 11.6 Å². The molecule has 0 atom stereocenters. The van der Waals surface area contributed by atoms with Gasteiger partial charge in [0.1, 0.15) is 0 Å². The second-order valence-electron chi connectivity index (χ2n) is 7.20. The summed E-state index contributed by atoms with van der Waals surface area (Å²) in [5.41, 5.74) is 1.88. The van der Waals surface area contributed by atoms with Crippen LogP contribution in [-0.4, -0.2) is 37.8 Å². The Hall–Kier alpha value is -4.33. The van der Waals surface area contributed by atoms with E-state index in [0.29, 0.717) is 16.9 Å². The van der Waals surface area contributed by atoms with Gasteiger partial charge in [0.2, 0.25) is 0 Å². The number of carbonyl (C=O) groups excluding carboxylic acids is 2. The summed E-state index contributed by atoms with van der Waals surface area (Å²) in [6.07, 6.45) is 3.34. The van der Waals surface area contributed by atoms with Crippen LogP contribution in [0.3, 0.4) is 0 Å². The van der Waals surface area contributed by atoms with Crippen LogP contribution in [0.4, 0.5) is 0 Å². The largest absolute Gasteiger partial charge is 0.350 e. The summed E-state index contributed by atoms with van der Waals surface area (Å²) in [5.74, 6) is -0.118. The summed E-state index contributed by atoms with van der Waals surface area (Å²) >= 11 is 0. The van der Waals surface area contributed by atoms with Gasteiger partial charge in [-0.1, -0.05) is 48.0 Å². The van der Waals surface area contributed by atoms with Gasteiger partial charge in [-0.05, 0) is 25.1 Å². The summed E-state index contributed by atoms with van der Waals surface area (Å²) in [6, 6.07) is 18.6. The quantitative estimate of drug-likeness (QED) is 0.457.